The molecule has 5 heteroatoms. The van der Waals surface area contributed by atoms with E-state index >= 15 is 0 Å². The lowest BCUT2D eigenvalue weighted by Crippen LogP contribution is -2.41. The Morgan fingerprint density at radius 2 is 2.18 bits per heavy atom. The van der Waals surface area contributed by atoms with Crippen LogP contribution >= 0.6 is 0 Å². The van der Waals surface area contributed by atoms with Crippen LogP contribution in [0.15, 0.2) is 12.7 Å². The summed E-state index contributed by atoms with van der Waals surface area (Å²) in [7, 11) is 0. The third kappa shape index (κ3) is 2.84. The van der Waals surface area contributed by atoms with Crippen LogP contribution in [-0.4, -0.2) is 27.2 Å². The molecule has 5 nitrogen and oxygen atoms in total. The van der Waals surface area contributed by atoms with Crippen molar-refractivity contribution in [3.05, 3.63) is 12.7 Å². The predicted molar refractivity (Wildman–Crippen MR) is 64.2 cm³/mol. The maximum absolute atomic E-state index is 11.7. The standard InChI is InChI=1S/C12H20N4O/c1-12(2,3)11(17)14-6-9-4-10(5-9)16-8-13-7-15-16/h7-10H,4-6H2,1-3H3,(H,14,17). The van der Waals surface area contributed by atoms with Gasteiger partial charge >= 0.3 is 0 Å². The van der Waals surface area contributed by atoms with E-state index in [-0.39, 0.29) is 11.3 Å². The minimum absolute atomic E-state index is 0.127. The Labute approximate surface area is 102 Å². The van der Waals surface area contributed by atoms with Crippen molar-refractivity contribution in [2.24, 2.45) is 11.3 Å². The molecule has 2 rings (SSSR count). The number of nitrogens with zero attached hydrogens (tertiary/aromatic N) is 3. The molecule has 94 valence electrons. The first-order valence-corrected chi connectivity index (χ1v) is 6.09. The van der Waals surface area contributed by atoms with E-state index in [2.05, 4.69) is 15.4 Å². The maximum Gasteiger partial charge on any atom is 0.225 e. The van der Waals surface area contributed by atoms with Gasteiger partial charge in [-0.25, -0.2) is 9.67 Å². The Bertz CT molecular complexity index is 374. The van der Waals surface area contributed by atoms with Gasteiger partial charge in [-0.1, -0.05) is 20.8 Å². The quantitative estimate of drug-likeness (QED) is 0.862. The highest BCUT2D eigenvalue weighted by Crippen LogP contribution is 2.36. The smallest absolute Gasteiger partial charge is 0.225 e. The van der Waals surface area contributed by atoms with Gasteiger partial charge in [0.2, 0.25) is 5.91 Å². The van der Waals surface area contributed by atoms with Crippen LogP contribution in [0.25, 0.3) is 0 Å². The third-order valence-electron chi connectivity index (χ3n) is 3.25. The monoisotopic (exact) mass is 236 g/mol. The highest BCUT2D eigenvalue weighted by Gasteiger charge is 2.32. The second kappa shape index (κ2) is 4.47. The molecule has 0 bridgehead atoms. The summed E-state index contributed by atoms with van der Waals surface area (Å²) in [6.45, 7) is 6.57. The lowest BCUT2D eigenvalue weighted by atomic mass is 9.80. The van der Waals surface area contributed by atoms with Gasteiger partial charge in [-0.15, -0.1) is 0 Å². The summed E-state index contributed by atoms with van der Waals surface area (Å²) in [5.74, 6) is 0.706. The summed E-state index contributed by atoms with van der Waals surface area (Å²) in [5, 5.41) is 7.13. The highest BCUT2D eigenvalue weighted by molar-refractivity contribution is 5.81. The maximum atomic E-state index is 11.7. The van der Waals surface area contributed by atoms with E-state index < -0.39 is 0 Å². The number of hydrogen-bond acceptors (Lipinski definition) is 3. The van der Waals surface area contributed by atoms with Crippen molar-refractivity contribution in [1.29, 1.82) is 0 Å². The number of amides is 1. The lowest BCUT2D eigenvalue weighted by Gasteiger charge is -2.35. The minimum Gasteiger partial charge on any atom is -0.355 e. The van der Waals surface area contributed by atoms with Crippen LogP contribution in [0, 0.1) is 11.3 Å². The average molecular weight is 236 g/mol. The van der Waals surface area contributed by atoms with Crippen LogP contribution in [-0.2, 0) is 4.79 Å². The van der Waals surface area contributed by atoms with Crippen molar-refractivity contribution in [3.8, 4) is 0 Å². The Balaban J connectivity index is 1.70. The van der Waals surface area contributed by atoms with Gasteiger partial charge < -0.3 is 5.32 Å². The van der Waals surface area contributed by atoms with E-state index in [1.165, 1.54) is 0 Å². The van der Waals surface area contributed by atoms with Gasteiger partial charge in [0.15, 0.2) is 0 Å². The molecule has 1 aromatic heterocycles. The lowest BCUT2D eigenvalue weighted by molar-refractivity contribution is -0.128. The molecule has 0 unspecified atom stereocenters. The third-order valence-corrected chi connectivity index (χ3v) is 3.25. The first kappa shape index (κ1) is 12.1. The van der Waals surface area contributed by atoms with E-state index in [9.17, 15) is 4.79 Å². The van der Waals surface area contributed by atoms with Crippen molar-refractivity contribution in [2.45, 2.75) is 39.7 Å². The van der Waals surface area contributed by atoms with Crippen LogP contribution in [0.1, 0.15) is 39.7 Å². The summed E-state index contributed by atoms with van der Waals surface area (Å²) < 4.78 is 1.90. The first-order valence-electron chi connectivity index (χ1n) is 6.09. The molecule has 1 fully saturated rings. The van der Waals surface area contributed by atoms with Crippen LogP contribution in [0.3, 0.4) is 0 Å². The minimum atomic E-state index is -0.297. The fraction of sp³-hybridized carbons (Fsp3) is 0.750. The molecule has 17 heavy (non-hydrogen) atoms. The van der Waals surface area contributed by atoms with Gasteiger partial charge in [-0.05, 0) is 18.8 Å². The van der Waals surface area contributed by atoms with Gasteiger partial charge in [-0.2, -0.15) is 5.10 Å². The zero-order valence-electron chi connectivity index (χ0n) is 10.7. The largest absolute Gasteiger partial charge is 0.355 e. The fourth-order valence-corrected chi connectivity index (χ4v) is 1.99. The van der Waals surface area contributed by atoms with Crippen LogP contribution in [0.4, 0.5) is 0 Å². The van der Waals surface area contributed by atoms with Crippen molar-refractivity contribution >= 4 is 5.91 Å². The number of rotatable bonds is 3. The molecule has 0 aliphatic heterocycles. The highest BCUT2D eigenvalue weighted by atomic mass is 16.2. The van der Waals surface area contributed by atoms with E-state index in [1.807, 2.05) is 25.5 Å². The zero-order chi connectivity index (χ0) is 12.5. The van der Waals surface area contributed by atoms with Gasteiger partial charge in [0.1, 0.15) is 12.7 Å². The van der Waals surface area contributed by atoms with E-state index in [4.69, 9.17) is 0 Å². The summed E-state index contributed by atoms with van der Waals surface area (Å²) in [4.78, 5) is 15.6. The summed E-state index contributed by atoms with van der Waals surface area (Å²) in [6.07, 6.45) is 5.48. The average Bonchev–Trinajstić information content (AvgIpc) is 2.66. The summed E-state index contributed by atoms with van der Waals surface area (Å²) >= 11 is 0. The molecule has 0 spiro atoms. The molecule has 0 saturated heterocycles. The number of hydrogen-bond donors (Lipinski definition) is 1. The molecule has 1 aliphatic carbocycles. The molecule has 1 N–H and O–H groups in total. The number of aromatic nitrogens is 3. The Morgan fingerprint density at radius 3 is 2.71 bits per heavy atom. The van der Waals surface area contributed by atoms with E-state index in [0.29, 0.717) is 12.0 Å². The number of nitrogens with one attached hydrogen (secondary N) is 1. The SMILES string of the molecule is CC(C)(C)C(=O)NCC1CC(n2cncn2)C1. The fourth-order valence-electron chi connectivity index (χ4n) is 1.99. The second-order valence-electron chi connectivity index (χ2n) is 5.83. The van der Waals surface area contributed by atoms with Crippen molar-refractivity contribution in [2.75, 3.05) is 6.54 Å². The summed E-state index contributed by atoms with van der Waals surface area (Å²) in [5.41, 5.74) is -0.297. The van der Waals surface area contributed by atoms with E-state index in [1.54, 1.807) is 12.7 Å². The Hall–Kier alpha value is -1.39. The van der Waals surface area contributed by atoms with Crippen LogP contribution in [0.2, 0.25) is 0 Å². The topological polar surface area (TPSA) is 59.8 Å². The Kier molecular flexibility index (Phi) is 3.17. The van der Waals surface area contributed by atoms with Gasteiger partial charge in [-0.3, -0.25) is 4.79 Å². The molecular formula is C12H20N4O. The van der Waals surface area contributed by atoms with Crippen molar-refractivity contribution < 1.29 is 4.79 Å². The van der Waals surface area contributed by atoms with Gasteiger partial charge in [0.25, 0.3) is 0 Å². The number of carbonyl (C=O) groups excluding carboxylic acids is 1. The number of carbonyl (C=O) groups is 1. The molecule has 1 aromatic rings. The first-order chi connectivity index (χ1) is 7.97. The van der Waals surface area contributed by atoms with E-state index in [0.717, 1.165) is 19.4 Å². The van der Waals surface area contributed by atoms with Gasteiger partial charge in [0.05, 0.1) is 6.04 Å². The van der Waals surface area contributed by atoms with Crippen LogP contribution in [0.5, 0.6) is 0 Å². The normalized spacial score (nSPS) is 24.2. The molecule has 1 aliphatic rings. The molecule has 1 saturated carbocycles. The summed E-state index contributed by atoms with van der Waals surface area (Å²) in [6, 6.07) is 0.467. The van der Waals surface area contributed by atoms with Crippen molar-refractivity contribution in [1.82, 2.24) is 20.1 Å². The molecule has 1 heterocycles. The molecule has 0 radical (unpaired) electrons. The Morgan fingerprint density at radius 1 is 1.47 bits per heavy atom. The van der Waals surface area contributed by atoms with Crippen LogP contribution < -0.4 is 5.32 Å². The van der Waals surface area contributed by atoms with Gasteiger partial charge in [0, 0.05) is 12.0 Å². The molecule has 0 aromatic carbocycles. The molecular weight excluding hydrogens is 216 g/mol. The molecule has 0 atom stereocenters. The zero-order valence-corrected chi connectivity index (χ0v) is 10.7. The second-order valence-corrected chi connectivity index (χ2v) is 5.83. The molecule has 1 amide bonds. The predicted octanol–water partition coefficient (Wildman–Crippen LogP) is 1.39. The van der Waals surface area contributed by atoms with Crippen molar-refractivity contribution in [3.63, 3.8) is 0 Å².